The zero-order valence-corrected chi connectivity index (χ0v) is 14.1. The number of halogens is 1. The quantitative estimate of drug-likeness (QED) is 0.748. The average Bonchev–Trinajstić information content (AvgIpc) is 3.09. The second kappa shape index (κ2) is 8.51. The third kappa shape index (κ3) is 4.95. The van der Waals surface area contributed by atoms with Crippen LogP contribution in [0.1, 0.15) is 24.0 Å². The SMILES string of the molecule is O=C(COc1ccc2c(c1)CCC2)NCCCOc1ccccc1F. The van der Waals surface area contributed by atoms with E-state index < -0.39 is 0 Å². The van der Waals surface area contributed by atoms with Crippen LogP contribution in [0.15, 0.2) is 42.5 Å². The van der Waals surface area contributed by atoms with E-state index in [9.17, 15) is 9.18 Å². The van der Waals surface area contributed by atoms with E-state index in [0.717, 1.165) is 18.6 Å². The van der Waals surface area contributed by atoms with Gasteiger partial charge in [0.05, 0.1) is 6.61 Å². The van der Waals surface area contributed by atoms with Gasteiger partial charge < -0.3 is 14.8 Å². The van der Waals surface area contributed by atoms with Crippen LogP contribution in [0.4, 0.5) is 4.39 Å². The maximum absolute atomic E-state index is 13.4. The molecule has 0 bridgehead atoms. The molecule has 1 aliphatic rings. The maximum Gasteiger partial charge on any atom is 0.257 e. The molecule has 0 saturated carbocycles. The molecule has 1 N–H and O–H groups in total. The standard InChI is InChI=1S/C20H22FNO3/c21-18-7-1-2-8-19(18)24-12-4-11-22-20(23)14-25-17-10-9-15-5-3-6-16(15)13-17/h1-2,7-10,13H,3-6,11-12,14H2,(H,22,23). The van der Waals surface area contributed by atoms with Crippen molar-refractivity contribution in [1.82, 2.24) is 5.32 Å². The molecule has 1 aliphatic carbocycles. The van der Waals surface area contributed by atoms with Gasteiger partial charge in [-0.1, -0.05) is 18.2 Å². The number of ether oxygens (including phenoxy) is 2. The summed E-state index contributed by atoms with van der Waals surface area (Å²) in [6, 6.07) is 12.3. The van der Waals surface area contributed by atoms with E-state index in [4.69, 9.17) is 9.47 Å². The van der Waals surface area contributed by atoms with Crippen molar-refractivity contribution in [1.29, 1.82) is 0 Å². The molecule has 25 heavy (non-hydrogen) atoms. The summed E-state index contributed by atoms with van der Waals surface area (Å²) >= 11 is 0. The number of benzene rings is 2. The lowest BCUT2D eigenvalue weighted by atomic mass is 10.1. The molecule has 1 amide bonds. The second-order valence-electron chi connectivity index (χ2n) is 6.06. The van der Waals surface area contributed by atoms with Crippen molar-refractivity contribution in [2.24, 2.45) is 0 Å². The van der Waals surface area contributed by atoms with E-state index in [1.165, 1.54) is 23.6 Å². The van der Waals surface area contributed by atoms with Gasteiger partial charge in [0.2, 0.25) is 0 Å². The highest BCUT2D eigenvalue weighted by atomic mass is 19.1. The van der Waals surface area contributed by atoms with Gasteiger partial charge in [-0.15, -0.1) is 0 Å². The fourth-order valence-corrected chi connectivity index (χ4v) is 2.88. The number of fused-ring (bicyclic) bond motifs is 1. The first-order chi connectivity index (χ1) is 12.2. The molecule has 0 unspecified atom stereocenters. The van der Waals surface area contributed by atoms with Gasteiger partial charge in [-0.05, 0) is 61.1 Å². The van der Waals surface area contributed by atoms with Crippen molar-refractivity contribution in [3.63, 3.8) is 0 Å². The largest absolute Gasteiger partial charge is 0.490 e. The molecule has 0 saturated heterocycles. The molecule has 0 spiro atoms. The lowest BCUT2D eigenvalue weighted by Gasteiger charge is -2.10. The van der Waals surface area contributed by atoms with Crippen molar-refractivity contribution in [3.05, 3.63) is 59.4 Å². The first-order valence-electron chi connectivity index (χ1n) is 8.61. The Morgan fingerprint density at radius 1 is 1.08 bits per heavy atom. The van der Waals surface area contributed by atoms with Crippen LogP contribution in [0, 0.1) is 5.82 Å². The number of carbonyl (C=O) groups excluding carboxylic acids is 1. The van der Waals surface area contributed by atoms with Crippen LogP contribution < -0.4 is 14.8 Å². The topological polar surface area (TPSA) is 47.6 Å². The monoisotopic (exact) mass is 343 g/mol. The van der Waals surface area contributed by atoms with Gasteiger partial charge in [0.15, 0.2) is 18.2 Å². The fourth-order valence-electron chi connectivity index (χ4n) is 2.88. The Morgan fingerprint density at radius 3 is 2.80 bits per heavy atom. The number of hydrogen-bond acceptors (Lipinski definition) is 3. The predicted octanol–water partition coefficient (Wildman–Crippen LogP) is 3.28. The zero-order chi connectivity index (χ0) is 17.5. The molecule has 2 aromatic rings. The van der Waals surface area contributed by atoms with Crippen molar-refractivity contribution in [3.8, 4) is 11.5 Å². The number of carbonyl (C=O) groups is 1. The van der Waals surface area contributed by atoms with Crippen molar-refractivity contribution >= 4 is 5.91 Å². The lowest BCUT2D eigenvalue weighted by molar-refractivity contribution is -0.123. The summed E-state index contributed by atoms with van der Waals surface area (Å²) in [5, 5.41) is 2.77. The van der Waals surface area contributed by atoms with Crippen molar-refractivity contribution in [2.75, 3.05) is 19.8 Å². The zero-order valence-electron chi connectivity index (χ0n) is 14.1. The molecule has 0 aliphatic heterocycles. The molecule has 5 heteroatoms. The highest BCUT2D eigenvalue weighted by Crippen LogP contribution is 2.25. The van der Waals surface area contributed by atoms with Gasteiger partial charge in [0.1, 0.15) is 5.75 Å². The van der Waals surface area contributed by atoms with E-state index in [-0.39, 0.29) is 24.1 Å². The third-order valence-corrected chi connectivity index (χ3v) is 4.18. The maximum atomic E-state index is 13.4. The lowest BCUT2D eigenvalue weighted by Crippen LogP contribution is -2.30. The summed E-state index contributed by atoms with van der Waals surface area (Å²) in [5.41, 5.74) is 2.70. The van der Waals surface area contributed by atoms with Gasteiger partial charge in [0, 0.05) is 6.54 Å². The van der Waals surface area contributed by atoms with Gasteiger partial charge in [-0.3, -0.25) is 4.79 Å². The average molecular weight is 343 g/mol. The minimum Gasteiger partial charge on any atom is -0.490 e. The summed E-state index contributed by atoms with van der Waals surface area (Å²) in [5.74, 6) is 0.410. The normalized spacial score (nSPS) is 12.5. The van der Waals surface area contributed by atoms with E-state index in [0.29, 0.717) is 19.6 Å². The first-order valence-corrected chi connectivity index (χ1v) is 8.61. The van der Waals surface area contributed by atoms with Crippen LogP contribution in [0.5, 0.6) is 11.5 Å². The molecule has 132 valence electrons. The number of rotatable bonds is 8. The Balaban J connectivity index is 1.31. The molecular formula is C20H22FNO3. The molecule has 0 heterocycles. The Labute approximate surface area is 147 Å². The minimum absolute atomic E-state index is 0.00699. The highest BCUT2D eigenvalue weighted by molar-refractivity contribution is 5.77. The molecular weight excluding hydrogens is 321 g/mol. The second-order valence-corrected chi connectivity index (χ2v) is 6.06. The minimum atomic E-state index is -0.380. The third-order valence-electron chi connectivity index (χ3n) is 4.18. The summed E-state index contributed by atoms with van der Waals surface area (Å²) in [6.45, 7) is 0.792. The Bertz CT molecular complexity index is 733. The van der Waals surface area contributed by atoms with Gasteiger partial charge >= 0.3 is 0 Å². The van der Waals surface area contributed by atoms with Gasteiger partial charge in [0.25, 0.3) is 5.91 Å². The molecule has 3 rings (SSSR count). The van der Waals surface area contributed by atoms with Gasteiger partial charge in [-0.25, -0.2) is 4.39 Å². The van der Waals surface area contributed by atoms with Crippen LogP contribution in [-0.4, -0.2) is 25.7 Å². The van der Waals surface area contributed by atoms with Gasteiger partial charge in [-0.2, -0.15) is 0 Å². The van der Waals surface area contributed by atoms with Crippen molar-refractivity contribution in [2.45, 2.75) is 25.7 Å². The molecule has 2 aromatic carbocycles. The predicted molar refractivity (Wildman–Crippen MR) is 93.5 cm³/mol. The van der Waals surface area contributed by atoms with Crippen LogP contribution in [-0.2, 0) is 17.6 Å². The highest BCUT2D eigenvalue weighted by Gasteiger charge is 2.11. The number of para-hydroxylation sites is 1. The summed E-state index contributed by atoms with van der Waals surface area (Å²) in [6.07, 6.45) is 4.00. The number of aryl methyl sites for hydroxylation is 2. The Hall–Kier alpha value is -2.56. The molecule has 0 fully saturated rings. The number of amides is 1. The molecule has 0 atom stereocenters. The summed E-state index contributed by atoms with van der Waals surface area (Å²) in [7, 11) is 0. The molecule has 4 nitrogen and oxygen atoms in total. The van der Waals surface area contributed by atoms with E-state index >= 15 is 0 Å². The fraction of sp³-hybridized carbons (Fsp3) is 0.350. The van der Waals surface area contributed by atoms with Crippen molar-refractivity contribution < 1.29 is 18.7 Å². The Kier molecular flexibility index (Phi) is 5.88. The number of hydrogen-bond donors (Lipinski definition) is 1. The molecule has 0 radical (unpaired) electrons. The summed E-state index contributed by atoms with van der Waals surface area (Å²) in [4.78, 5) is 11.8. The van der Waals surface area contributed by atoms with Crippen LogP contribution in [0.25, 0.3) is 0 Å². The van der Waals surface area contributed by atoms with E-state index in [2.05, 4.69) is 11.4 Å². The molecule has 0 aromatic heterocycles. The summed E-state index contributed by atoms with van der Waals surface area (Å²) < 4.78 is 24.2. The van der Waals surface area contributed by atoms with E-state index in [1.54, 1.807) is 18.2 Å². The van der Waals surface area contributed by atoms with Crippen LogP contribution in [0.3, 0.4) is 0 Å². The smallest absolute Gasteiger partial charge is 0.257 e. The first kappa shape index (κ1) is 17.3. The number of nitrogens with one attached hydrogen (secondary N) is 1. The van der Waals surface area contributed by atoms with E-state index in [1.807, 2.05) is 12.1 Å². The van der Waals surface area contributed by atoms with Crippen LogP contribution in [0.2, 0.25) is 0 Å². The Morgan fingerprint density at radius 2 is 1.92 bits per heavy atom. The van der Waals surface area contributed by atoms with Crippen LogP contribution >= 0.6 is 0 Å².